The van der Waals surface area contributed by atoms with Crippen LogP contribution in [-0.2, 0) is 9.53 Å². The highest BCUT2D eigenvalue weighted by Crippen LogP contribution is 2.24. The summed E-state index contributed by atoms with van der Waals surface area (Å²) in [5, 5.41) is 0. The van der Waals surface area contributed by atoms with E-state index in [-0.39, 0.29) is 5.97 Å². The van der Waals surface area contributed by atoms with Crippen molar-refractivity contribution in [3.63, 3.8) is 0 Å². The molecule has 0 aliphatic heterocycles. The lowest BCUT2D eigenvalue weighted by Gasteiger charge is -2.08. The van der Waals surface area contributed by atoms with Crippen molar-refractivity contribution in [1.29, 1.82) is 0 Å². The Morgan fingerprint density at radius 2 is 1.29 bits per heavy atom. The van der Waals surface area contributed by atoms with Crippen LogP contribution in [0.4, 0.5) is 0 Å². The molecule has 2 aromatic carbocycles. The quantitative estimate of drug-likeness (QED) is 0.593. The van der Waals surface area contributed by atoms with Gasteiger partial charge in [-0.1, -0.05) is 0 Å². The SMILES string of the molecule is COC(=O)[C+](c1ccccc1)c1ccccc1. The molecule has 0 N–H and O–H groups in total. The molecule has 0 aliphatic carbocycles. The number of esters is 1. The molecule has 2 nitrogen and oxygen atoms in total. The molecule has 0 aromatic heterocycles. The number of hydrogen-bond donors (Lipinski definition) is 0. The number of methoxy groups -OCH3 is 1. The summed E-state index contributed by atoms with van der Waals surface area (Å²) in [6, 6.07) is 19.1. The smallest absolute Gasteiger partial charge is 0.375 e. The molecule has 0 radical (unpaired) electrons. The highest BCUT2D eigenvalue weighted by atomic mass is 16.5. The van der Waals surface area contributed by atoms with Crippen molar-refractivity contribution >= 4 is 5.97 Å². The summed E-state index contributed by atoms with van der Waals surface area (Å²) >= 11 is 0. The Kier molecular flexibility index (Phi) is 3.46. The van der Waals surface area contributed by atoms with E-state index in [0.29, 0.717) is 5.92 Å². The zero-order valence-corrected chi connectivity index (χ0v) is 9.59. The van der Waals surface area contributed by atoms with Crippen LogP contribution in [0.2, 0.25) is 0 Å². The van der Waals surface area contributed by atoms with Crippen LogP contribution in [0.1, 0.15) is 11.1 Å². The third-order valence-electron chi connectivity index (χ3n) is 2.51. The van der Waals surface area contributed by atoms with E-state index in [0.717, 1.165) is 11.1 Å². The van der Waals surface area contributed by atoms with Crippen molar-refractivity contribution in [2.24, 2.45) is 0 Å². The number of carbonyl (C=O) groups is 1. The van der Waals surface area contributed by atoms with Gasteiger partial charge in [0.15, 0.2) is 5.92 Å². The summed E-state index contributed by atoms with van der Waals surface area (Å²) in [6.45, 7) is 0. The first-order valence-corrected chi connectivity index (χ1v) is 5.39. The molecule has 0 amide bonds. The fraction of sp³-hybridized carbons (Fsp3) is 0.0667. The monoisotopic (exact) mass is 225 g/mol. The number of rotatable bonds is 3. The van der Waals surface area contributed by atoms with Gasteiger partial charge in [-0.2, -0.15) is 0 Å². The Hall–Kier alpha value is -2.22. The van der Waals surface area contributed by atoms with E-state index in [9.17, 15) is 4.79 Å². The molecule has 0 spiro atoms. The normalized spacial score (nSPS) is 9.71. The molecule has 2 rings (SSSR count). The fourth-order valence-corrected chi connectivity index (χ4v) is 1.71. The van der Waals surface area contributed by atoms with Crippen molar-refractivity contribution in [3.8, 4) is 0 Å². The third-order valence-corrected chi connectivity index (χ3v) is 2.51. The molecule has 0 saturated heterocycles. The minimum Gasteiger partial charge on any atom is -0.459 e. The number of hydrogen-bond acceptors (Lipinski definition) is 2. The van der Waals surface area contributed by atoms with Crippen molar-refractivity contribution in [2.45, 2.75) is 0 Å². The van der Waals surface area contributed by atoms with Gasteiger partial charge >= 0.3 is 5.97 Å². The Morgan fingerprint density at radius 1 is 0.882 bits per heavy atom. The van der Waals surface area contributed by atoms with Gasteiger partial charge in [0.05, 0.1) is 18.2 Å². The summed E-state index contributed by atoms with van der Waals surface area (Å²) < 4.78 is 4.85. The molecule has 0 aliphatic rings. The second-order valence-electron chi connectivity index (χ2n) is 3.60. The van der Waals surface area contributed by atoms with Crippen LogP contribution in [0.3, 0.4) is 0 Å². The summed E-state index contributed by atoms with van der Waals surface area (Å²) in [6.07, 6.45) is 0. The second-order valence-corrected chi connectivity index (χ2v) is 3.60. The summed E-state index contributed by atoms with van der Waals surface area (Å²) in [7, 11) is 1.40. The lowest BCUT2D eigenvalue weighted by Crippen LogP contribution is -2.16. The number of benzene rings is 2. The van der Waals surface area contributed by atoms with Gasteiger partial charge in [-0.05, 0) is 36.4 Å². The first-order valence-electron chi connectivity index (χ1n) is 5.39. The maximum Gasteiger partial charge on any atom is 0.375 e. The lowest BCUT2D eigenvalue weighted by atomic mass is 9.91. The van der Waals surface area contributed by atoms with Crippen molar-refractivity contribution in [2.75, 3.05) is 7.11 Å². The lowest BCUT2D eigenvalue weighted by molar-refractivity contribution is -0.137. The molecular weight excluding hydrogens is 212 g/mol. The molecular formula is C15H13O2+. The maximum absolute atomic E-state index is 11.9. The molecule has 0 unspecified atom stereocenters. The van der Waals surface area contributed by atoms with Crippen LogP contribution in [-0.4, -0.2) is 13.1 Å². The van der Waals surface area contributed by atoms with Crippen LogP contribution in [0, 0.1) is 5.92 Å². The first-order chi connectivity index (χ1) is 8.33. The fourth-order valence-electron chi connectivity index (χ4n) is 1.71. The van der Waals surface area contributed by atoms with E-state index in [1.807, 2.05) is 60.7 Å². The van der Waals surface area contributed by atoms with E-state index in [1.54, 1.807) is 0 Å². The van der Waals surface area contributed by atoms with E-state index in [1.165, 1.54) is 7.11 Å². The number of carbonyl (C=O) groups excluding carboxylic acids is 1. The van der Waals surface area contributed by atoms with Gasteiger partial charge in [0.2, 0.25) is 0 Å². The molecule has 0 heterocycles. The molecule has 0 saturated carbocycles. The minimum atomic E-state index is -0.317. The largest absolute Gasteiger partial charge is 0.459 e. The number of ether oxygens (including phenoxy) is 1. The van der Waals surface area contributed by atoms with Crippen molar-refractivity contribution < 1.29 is 9.53 Å². The Labute approximate surface area is 101 Å². The average Bonchev–Trinajstić information content (AvgIpc) is 2.41. The molecule has 2 heteroatoms. The van der Waals surface area contributed by atoms with Gasteiger partial charge in [-0.15, -0.1) is 0 Å². The van der Waals surface area contributed by atoms with Gasteiger partial charge in [0, 0.05) is 24.3 Å². The second kappa shape index (κ2) is 5.21. The highest BCUT2D eigenvalue weighted by molar-refractivity contribution is 5.94. The van der Waals surface area contributed by atoms with E-state index < -0.39 is 0 Å². The van der Waals surface area contributed by atoms with Gasteiger partial charge < -0.3 is 4.74 Å². The van der Waals surface area contributed by atoms with Crippen LogP contribution in [0.25, 0.3) is 0 Å². The molecule has 2 aromatic rings. The Balaban J connectivity index is 2.43. The predicted molar refractivity (Wildman–Crippen MR) is 66.3 cm³/mol. The molecule has 17 heavy (non-hydrogen) atoms. The van der Waals surface area contributed by atoms with Gasteiger partial charge in [0.1, 0.15) is 0 Å². The molecule has 0 bridgehead atoms. The zero-order chi connectivity index (χ0) is 12.1. The van der Waals surface area contributed by atoms with Crippen LogP contribution < -0.4 is 0 Å². The summed E-state index contributed by atoms with van der Waals surface area (Å²) in [4.78, 5) is 11.9. The van der Waals surface area contributed by atoms with E-state index >= 15 is 0 Å². The van der Waals surface area contributed by atoms with Crippen molar-refractivity contribution in [3.05, 3.63) is 77.7 Å². The van der Waals surface area contributed by atoms with Gasteiger partial charge in [0.25, 0.3) is 0 Å². The van der Waals surface area contributed by atoms with Gasteiger partial charge in [-0.25, -0.2) is 4.79 Å². The van der Waals surface area contributed by atoms with Crippen LogP contribution in [0.15, 0.2) is 60.7 Å². The van der Waals surface area contributed by atoms with Gasteiger partial charge in [-0.3, -0.25) is 0 Å². The highest BCUT2D eigenvalue weighted by Gasteiger charge is 2.29. The summed E-state index contributed by atoms with van der Waals surface area (Å²) in [5.41, 5.74) is 1.73. The Bertz CT molecular complexity index is 437. The van der Waals surface area contributed by atoms with Crippen molar-refractivity contribution in [1.82, 2.24) is 0 Å². The molecule has 0 atom stereocenters. The zero-order valence-electron chi connectivity index (χ0n) is 9.59. The maximum atomic E-state index is 11.9. The topological polar surface area (TPSA) is 26.3 Å². The molecule has 84 valence electrons. The first kappa shape index (κ1) is 11.3. The summed E-state index contributed by atoms with van der Waals surface area (Å²) in [5.74, 6) is 0.274. The average molecular weight is 225 g/mol. The molecule has 0 fully saturated rings. The standard InChI is InChI=1S/C15H13O2/c1-17-15(16)14(12-8-4-2-5-9-12)13-10-6-3-7-11-13/h2-11H,1H3/q+1. The Morgan fingerprint density at radius 3 is 1.65 bits per heavy atom. The predicted octanol–water partition coefficient (Wildman–Crippen LogP) is 2.83. The van der Waals surface area contributed by atoms with Crippen LogP contribution in [0.5, 0.6) is 0 Å². The van der Waals surface area contributed by atoms with E-state index in [2.05, 4.69) is 0 Å². The van der Waals surface area contributed by atoms with Crippen LogP contribution >= 0.6 is 0 Å². The van der Waals surface area contributed by atoms with E-state index in [4.69, 9.17) is 4.74 Å². The minimum absolute atomic E-state index is 0.317. The third kappa shape index (κ3) is 2.48.